The third kappa shape index (κ3) is 6.07. The summed E-state index contributed by atoms with van der Waals surface area (Å²) in [4.78, 5) is 0. The highest BCUT2D eigenvalue weighted by molar-refractivity contribution is 5.51. The number of benzene rings is 3. The molecule has 144 valence electrons. The quantitative estimate of drug-likeness (QED) is 0.403. The molecule has 3 aromatic carbocycles. The molecular formula is C28H26O. The molecule has 0 saturated heterocycles. The van der Waals surface area contributed by atoms with Crippen molar-refractivity contribution in [2.75, 3.05) is 0 Å². The Morgan fingerprint density at radius 2 is 1.48 bits per heavy atom. The molecule has 3 rings (SSSR count). The molecule has 0 spiro atoms. The zero-order valence-electron chi connectivity index (χ0n) is 16.8. The van der Waals surface area contributed by atoms with Crippen LogP contribution in [-0.4, -0.2) is 5.11 Å². The normalized spacial score (nSPS) is 13.2. The van der Waals surface area contributed by atoms with Crippen molar-refractivity contribution in [3.8, 4) is 11.8 Å². The van der Waals surface area contributed by atoms with Crippen LogP contribution in [0.15, 0.2) is 103 Å². The summed E-state index contributed by atoms with van der Waals surface area (Å²) in [5.41, 5.74) is 2.71. The maximum atomic E-state index is 11.3. The SMILES string of the molecule is CCCc1ccc(C#CC(O)(/C=C/C=C/c2ccccc2)c2ccccc2)cc1. The van der Waals surface area contributed by atoms with Crippen molar-refractivity contribution in [2.24, 2.45) is 0 Å². The second kappa shape index (κ2) is 10.3. The summed E-state index contributed by atoms with van der Waals surface area (Å²) in [6.45, 7) is 2.17. The molecule has 3 aromatic rings. The van der Waals surface area contributed by atoms with E-state index in [0.717, 1.165) is 29.5 Å². The predicted octanol–water partition coefficient (Wildman–Crippen LogP) is 6.15. The second-order valence-electron chi connectivity index (χ2n) is 6.96. The van der Waals surface area contributed by atoms with Gasteiger partial charge in [-0.3, -0.25) is 0 Å². The van der Waals surface area contributed by atoms with Gasteiger partial charge < -0.3 is 5.11 Å². The van der Waals surface area contributed by atoms with Crippen molar-refractivity contribution in [2.45, 2.75) is 25.4 Å². The molecule has 0 bridgehead atoms. The van der Waals surface area contributed by atoms with Gasteiger partial charge in [-0.1, -0.05) is 116 Å². The first-order valence-corrected chi connectivity index (χ1v) is 10.0. The summed E-state index contributed by atoms with van der Waals surface area (Å²) in [5, 5.41) is 11.3. The van der Waals surface area contributed by atoms with Crippen LogP contribution in [0.2, 0.25) is 0 Å². The van der Waals surface area contributed by atoms with E-state index in [9.17, 15) is 5.11 Å². The Morgan fingerprint density at radius 3 is 2.14 bits per heavy atom. The molecule has 0 aromatic heterocycles. The first-order valence-electron chi connectivity index (χ1n) is 10.0. The Kier molecular flexibility index (Phi) is 7.22. The fourth-order valence-corrected chi connectivity index (χ4v) is 3.04. The lowest BCUT2D eigenvalue weighted by Gasteiger charge is -2.18. The number of hydrogen-bond acceptors (Lipinski definition) is 1. The van der Waals surface area contributed by atoms with Gasteiger partial charge in [0.1, 0.15) is 0 Å². The van der Waals surface area contributed by atoms with Crippen LogP contribution in [0.1, 0.15) is 35.6 Å². The van der Waals surface area contributed by atoms with Crippen molar-refractivity contribution in [1.29, 1.82) is 0 Å². The first-order chi connectivity index (χ1) is 14.2. The Balaban J connectivity index is 1.85. The minimum absolute atomic E-state index is 0.750. The lowest BCUT2D eigenvalue weighted by Crippen LogP contribution is -2.20. The molecule has 0 amide bonds. The molecule has 1 N–H and O–H groups in total. The van der Waals surface area contributed by atoms with E-state index >= 15 is 0 Å². The second-order valence-corrected chi connectivity index (χ2v) is 6.96. The van der Waals surface area contributed by atoms with E-state index in [0.29, 0.717) is 0 Å². The predicted molar refractivity (Wildman–Crippen MR) is 122 cm³/mol. The highest BCUT2D eigenvalue weighted by Gasteiger charge is 2.22. The number of allylic oxidation sites excluding steroid dienone is 2. The maximum absolute atomic E-state index is 11.3. The van der Waals surface area contributed by atoms with Crippen LogP contribution in [0.5, 0.6) is 0 Å². The third-order valence-electron chi connectivity index (χ3n) is 4.64. The molecule has 0 fully saturated rings. The Hall–Kier alpha value is -3.34. The lowest BCUT2D eigenvalue weighted by atomic mass is 9.93. The molecule has 1 nitrogen and oxygen atoms in total. The van der Waals surface area contributed by atoms with Crippen molar-refractivity contribution in [3.05, 3.63) is 125 Å². The van der Waals surface area contributed by atoms with Crippen LogP contribution in [0.25, 0.3) is 6.08 Å². The van der Waals surface area contributed by atoms with Gasteiger partial charge in [-0.25, -0.2) is 0 Å². The smallest absolute Gasteiger partial charge is 0.170 e. The van der Waals surface area contributed by atoms with Crippen molar-refractivity contribution in [1.82, 2.24) is 0 Å². The van der Waals surface area contributed by atoms with Gasteiger partial charge >= 0.3 is 0 Å². The van der Waals surface area contributed by atoms with E-state index < -0.39 is 5.60 Å². The van der Waals surface area contributed by atoms with Gasteiger partial charge in [-0.2, -0.15) is 0 Å². The van der Waals surface area contributed by atoms with E-state index in [1.165, 1.54) is 5.56 Å². The molecule has 0 aliphatic rings. The third-order valence-corrected chi connectivity index (χ3v) is 4.64. The van der Waals surface area contributed by atoms with Crippen molar-refractivity contribution in [3.63, 3.8) is 0 Å². The van der Waals surface area contributed by atoms with Crippen LogP contribution < -0.4 is 0 Å². The van der Waals surface area contributed by atoms with Gasteiger partial charge in [0.2, 0.25) is 0 Å². The average Bonchev–Trinajstić information content (AvgIpc) is 2.78. The Labute approximate surface area is 174 Å². The summed E-state index contributed by atoms with van der Waals surface area (Å²) in [7, 11) is 0. The fourth-order valence-electron chi connectivity index (χ4n) is 3.04. The molecule has 1 unspecified atom stereocenters. The van der Waals surface area contributed by atoms with Gasteiger partial charge in [0.05, 0.1) is 0 Å². The minimum atomic E-state index is -1.36. The number of hydrogen-bond donors (Lipinski definition) is 1. The van der Waals surface area contributed by atoms with Gasteiger partial charge in [0.25, 0.3) is 0 Å². The summed E-state index contributed by atoms with van der Waals surface area (Å²) in [6, 6.07) is 27.9. The molecule has 0 heterocycles. The van der Waals surface area contributed by atoms with Crippen molar-refractivity contribution < 1.29 is 5.11 Å². The van der Waals surface area contributed by atoms with Crippen LogP contribution in [0.3, 0.4) is 0 Å². The number of rotatable bonds is 6. The van der Waals surface area contributed by atoms with Crippen LogP contribution in [-0.2, 0) is 12.0 Å². The average molecular weight is 379 g/mol. The minimum Gasteiger partial charge on any atom is -0.370 e. The Bertz CT molecular complexity index is 1000. The molecule has 0 aliphatic carbocycles. The summed E-state index contributed by atoms with van der Waals surface area (Å²) in [5.74, 6) is 6.20. The molecular weight excluding hydrogens is 352 g/mol. The fraction of sp³-hybridized carbons (Fsp3) is 0.143. The largest absolute Gasteiger partial charge is 0.370 e. The van der Waals surface area contributed by atoms with Gasteiger partial charge in [-0.05, 0) is 41.3 Å². The number of aliphatic hydroxyl groups is 1. The summed E-state index contributed by atoms with van der Waals surface area (Å²) < 4.78 is 0. The topological polar surface area (TPSA) is 20.2 Å². The molecule has 0 saturated carbocycles. The number of aryl methyl sites for hydroxylation is 1. The van der Waals surface area contributed by atoms with E-state index in [1.54, 1.807) is 6.08 Å². The van der Waals surface area contributed by atoms with Gasteiger partial charge in [0, 0.05) is 5.56 Å². The van der Waals surface area contributed by atoms with E-state index in [4.69, 9.17) is 0 Å². The Morgan fingerprint density at radius 1 is 0.828 bits per heavy atom. The van der Waals surface area contributed by atoms with E-state index in [2.05, 4.69) is 30.9 Å². The molecule has 29 heavy (non-hydrogen) atoms. The van der Waals surface area contributed by atoms with Gasteiger partial charge in [0.15, 0.2) is 5.60 Å². The van der Waals surface area contributed by atoms with Gasteiger partial charge in [-0.15, -0.1) is 0 Å². The molecule has 1 atom stereocenters. The highest BCUT2D eigenvalue weighted by atomic mass is 16.3. The molecule has 1 heteroatoms. The zero-order valence-corrected chi connectivity index (χ0v) is 16.8. The summed E-state index contributed by atoms with van der Waals surface area (Å²) >= 11 is 0. The molecule has 0 radical (unpaired) electrons. The lowest BCUT2D eigenvalue weighted by molar-refractivity contribution is 0.154. The van der Waals surface area contributed by atoms with E-state index in [-0.39, 0.29) is 0 Å². The first kappa shape index (κ1) is 20.4. The standard InChI is InChI=1S/C28H26O/c1-2-11-24-17-19-26(20-18-24)21-23-28(29,27-15-7-4-8-16-27)22-10-9-14-25-12-5-3-6-13-25/h3-10,12-20,22,29H,2,11H2,1H3/b14-9+,22-10+. The summed E-state index contributed by atoms with van der Waals surface area (Å²) in [6.07, 6.45) is 9.70. The highest BCUT2D eigenvalue weighted by Crippen LogP contribution is 2.22. The monoisotopic (exact) mass is 378 g/mol. The van der Waals surface area contributed by atoms with Crippen LogP contribution >= 0.6 is 0 Å². The molecule has 0 aliphatic heterocycles. The van der Waals surface area contributed by atoms with Crippen LogP contribution in [0, 0.1) is 11.8 Å². The van der Waals surface area contributed by atoms with Crippen molar-refractivity contribution >= 4 is 6.08 Å². The maximum Gasteiger partial charge on any atom is 0.170 e. The van der Waals surface area contributed by atoms with Crippen LogP contribution in [0.4, 0.5) is 0 Å². The zero-order chi connectivity index (χ0) is 20.4. The van der Waals surface area contributed by atoms with E-state index in [1.807, 2.05) is 91.0 Å².